The standard InChI is InChI=1S/C10H12N2OS/c1-11-5-4-10-12-7-8(13-10)9-3-2-6-14-9/h2-3,6-7,11H,4-5H2,1H3. The summed E-state index contributed by atoms with van der Waals surface area (Å²) in [4.78, 5) is 5.34. The Kier molecular flexibility index (Phi) is 2.96. The van der Waals surface area contributed by atoms with Crippen LogP contribution in [0.25, 0.3) is 10.6 Å². The van der Waals surface area contributed by atoms with E-state index in [1.165, 1.54) is 0 Å². The molecule has 2 aromatic rings. The van der Waals surface area contributed by atoms with E-state index in [0.29, 0.717) is 0 Å². The van der Waals surface area contributed by atoms with Crippen molar-refractivity contribution >= 4 is 11.3 Å². The molecule has 0 aliphatic carbocycles. The number of rotatable bonds is 4. The summed E-state index contributed by atoms with van der Waals surface area (Å²) in [7, 11) is 1.92. The second kappa shape index (κ2) is 4.39. The summed E-state index contributed by atoms with van der Waals surface area (Å²) in [6, 6.07) is 4.04. The number of nitrogens with one attached hydrogen (secondary N) is 1. The second-order valence-electron chi connectivity index (χ2n) is 2.95. The van der Waals surface area contributed by atoms with Crippen LogP contribution in [0.3, 0.4) is 0 Å². The summed E-state index contributed by atoms with van der Waals surface area (Å²) in [5.41, 5.74) is 0. The monoisotopic (exact) mass is 208 g/mol. The van der Waals surface area contributed by atoms with Gasteiger partial charge in [-0.15, -0.1) is 11.3 Å². The van der Waals surface area contributed by atoms with Crippen LogP contribution in [0.5, 0.6) is 0 Å². The highest BCUT2D eigenvalue weighted by molar-refractivity contribution is 7.13. The van der Waals surface area contributed by atoms with Gasteiger partial charge in [-0.25, -0.2) is 4.98 Å². The quantitative estimate of drug-likeness (QED) is 0.836. The van der Waals surface area contributed by atoms with Gasteiger partial charge in [0.25, 0.3) is 0 Å². The third-order valence-electron chi connectivity index (χ3n) is 1.91. The SMILES string of the molecule is CNCCc1ncc(-c2cccs2)o1. The first-order valence-electron chi connectivity index (χ1n) is 4.53. The van der Waals surface area contributed by atoms with E-state index in [-0.39, 0.29) is 0 Å². The Morgan fingerprint density at radius 3 is 3.21 bits per heavy atom. The Balaban J connectivity index is 2.10. The highest BCUT2D eigenvalue weighted by atomic mass is 32.1. The normalized spacial score (nSPS) is 10.6. The smallest absolute Gasteiger partial charge is 0.196 e. The molecule has 2 heterocycles. The van der Waals surface area contributed by atoms with Gasteiger partial charge < -0.3 is 9.73 Å². The van der Waals surface area contributed by atoms with Gasteiger partial charge in [0, 0.05) is 13.0 Å². The zero-order chi connectivity index (χ0) is 9.80. The maximum atomic E-state index is 5.59. The van der Waals surface area contributed by atoms with E-state index in [1.807, 2.05) is 24.6 Å². The van der Waals surface area contributed by atoms with Crippen molar-refractivity contribution in [1.82, 2.24) is 10.3 Å². The fourth-order valence-corrected chi connectivity index (χ4v) is 1.86. The number of nitrogens with zero attached hydrogens (tertiary/aromatic N) is 1. The van der Waals surface area contributed by atoms with Crippen LogP contribution in [0, 0.1) is 0 Å². The number of thiophene rings is 1. The van der Waals surface area contributed by atoms with Crippen molar-refractivity contribution in [1.29, 1.82) is 0 Å². The van der Waals surface area contributed by atoms with Crippen molar-refractivity contribution < 1.29 is 4.42 Å². The first kappa shape index (κ1) is 9.43. The molecule has 0 aromatic carbocycles. The molecule has 0 fully saturated rings. The summed E-state index contributed by atoms with van der Waals surface area (Å²) in [6.07, 6.45) is 2.62. The van der Waals surface area contributed by atoms with Gasteiger partial charge in [0.05, 0.1) is 11.1 Å². The molecular weight excluding hydrogens is 196 g/mol. The van der Waals surface area contributed by atoms with E-state index in [9.17, 15) is 0 Å². The summed E-state index contributed by atoms with van der Waals surface area (Å²) >= 11 is 1.66. The van der Waals surface area contributed by atoms with E-state index < -0.39 is 0 Å². The number of likely N-dealkylation sites (N-methyl/N-ethyl adjacent to an activating group) is 1. The lowest BCUT2D eigenvalue weighted by Crippen LogP contribution is -2.10. The minimum Gasteiger partial charge on any atom is -0.440 e. The van der Waals surface area contributed by atoms with Gasteiger partial charge in [0.2, 0.25) is 0 Å². The first-order valence-corrected chi connectivity index (χ1v) is 5.41. The predicted molar refractivity (Wildman–Crippen MR) is 57.4 cm³/mol. The minimum absolute atomic E-state index is 0.794. The largest absolute Gasteiger partial charge is 0.440 e. The van der Waals surface area contributed by atoms with Gasteiger partial charge in [-0.05, 0) is 18.5 Å². The molecule has 1 N–H and O–H groups in total. The number of hydrogen-bond donors (Lipinski definition) is 1. The molecule has 3 nitrogen and oxygen atoms in total. The van der Waals surface area contributed by atoms with Gasteiger partial charge >= 0.3 is 0 Å². The number of hydrogen-bond acceptors (Lipinski definition) is 4. The van der Waals surface area contributed by atoms with Crippen molar-refractivity contribution in [3.05, 3.63) is 29.6 Å². The Bertz CT molecular complexity index is 380. The molecule has 0 atom stereocenters. The molecule has 0 saturated heterocycles. The molecule has 0 saturated carbocycles. The van der Waals surface area contributed by atoms with E-state index >= 15 is 0 Å². The summed E-state index contributed by atoms with van der Waals surface area (Å²) in [5, 5.41) is 5.10. The van der Waals surface area contributed by atoms with Crippen LogP contribution in [-0.4, -0.2) is 18.6 Å². The van der Waals surface area contributed by atoms with Crippen LogP contribution >= 0.6 is 11.3 Å². The van der Waals surface area contributed by atoms with Gasteiger partial charge in [-0.3, -0.25) is 0 Å². The molecule has 0 spiro atoms. The Hall–Kier alpha value is -1.13. The fraction of sp³-hybridized carbons (Fsp3) is 0.300. The van der Waals surface area contributed by atoms with Crippen molar-refractivity contribution in [3.63, 3.8) is 0 Å². The number of aromatic nitrogens is 1. The first-order chi connectivity index (χ1) is 6.90. The Morgan fingerprint density at radius 1 is 1.57 bits per heavy atom. The van der Waals surface area contributed by atoms with Gasteiger partial charge in [-0.2, -0.15) is 0 Å². The molecule has 0 aliphatic heterocycles. The van der Waals surface area contributed by atoms with Crippen molar-refractivity contribution in [2.45, 2.75) is 6.42 Å². The maximum Gasteiger partial charge on any atom is 0.196 e. The summed E-state index contributed by atoms with van der Waals surface area (Å²) < 4.78 is 5.59. The molecule has 0 radical (unpaired) electrons. The zero-order valence-electron chi connectivity index (χ0n) is 7.99. The molecule has 0 aliphatic rings. The highest BCUT2D eigenvalue weighted by Gasteiger charge is 2.05. The van der Waals surface area contributed by atoms with Crippen LogP contribution in [0.4, 0.5) is 0 Å². The third kappa shape index (κ3) is 2.02. The van der Waals surface area contributed by atoms with E-state index in [1.54, 1.807) is 17.5 Å². The summed E-state index contributed by atoms with van der Waals surface area (Å²) in [5.74, 6) is 1.66. The summed E-state index contributed by atoms with van der Waals surface area (Å²) in [6.45, 7) is 0.893. The lowest BCUT2D eigenvalue weighted by atomic mass is 10.4. The lowest BCUT2D eigenvalue weighted by Gasteiger charge is -1.93. The molecule has 0 unspecified atom stereocenters. The minimum atomic E-state index is 0.794. The molecule has 74 valence electrons. The average molecular weight is 208 g/mol. The molecule has 2 aromatic heterocycles. The predicted octanol–water partition coefficient (Wildman–Crippen LogP) is 2.17. The van der Waals surface area contributed by atoms with Crippen LogP contribution < -0.4 is 5.32 Å². The molecule has 14 heavy (non-hydrogen) atoms. The number of oxazole rings is 1. The van der Waals surface area contributed by atoms with Crippen LogP contribution in [-0.2, 0) is 6.42 Å². The van der Waals surface area contributed by atoms with Crippen molar-refractivity contribution in [2.75, 3.05) is 13.6 Å². The van der Waals surface area contributed by atoms with Crippen LogP contribution in [0.2, 0.25) is 0 Å². The topological polar surface area (TPSA) is 38.1 Å². The zero-order valence-corrected chi connectivity index (χ0v) is 8.80. The molecule has 0 bridgehead atoms. The molecular formula is C10H12N2OS. The van der Waals surface area contributed by atoms with Gasteiger partial charge in [0.15, 0.2) is 11.7 Å². The Morgan fingerprint density at radius 2 is 2.50 bits per heavy atom. The van der Waals surface area contributed by atoms with Crippen LogP contribution in [0.15, 0.2) is 28.1 Å². The lowest BCUT2D eigenvalue weighted by molar-refractivity contribution is 0.501. The van der Waals surface area contributed by atoms with Crippen LogP contribution in [0.1, 0.15) is 5.89 Å². The van der Waals surface area contributed by atoms with Crippen molar-refractivity contribution in [3.8, 4) is 10.6 Å². The van der Waals surface area contributed by atoms with Gasteiger partial charge in [-0.1, -0.05) is 6.07 Å². The average Bonchev–Trinajstić information content (AvgIpc) is 2.85. The van der Waals surface area contributed by atoms with Gasteiger partial charge in [0.1, 0.15) is 0 Å². The maximum absolute atomic E-state index is 5.59. The molecule has 0 amide bonds. The Labute approximate surface area is 86.8 Å². The van der Waals surface area contributed by atoms with E-state index in [4.69, 9.17) is 4.42 Å². The van der Waals surface area contributed by atoms with Crippen molar-refractivity contribution in [2.24, 2.45) is 0 Å². The molecule has 4 heteroatoms. The molecule has 2 rings (SSSR count). The second-order valence-corrected chi connectivity index (χ2v) is 3.90. The van der Waals surface area contributed by atoms with E-state index in [2.05, 4.69) is 10.3 Å². The van der Waals surface area contributed by atoms with E-state index in [0.717, 1.165) is 29.5 Å². The highest BCUT2D eigenvalue weighted by Crippen LogP contribution is 2.24. The third-order valence-corrected chi connectivity index (χ3v) is 2.79. The fourth-order valence-electron chi connectivity index (χ4n) is 1.19.